The standard InChI is InChI=1S/C21H24N4O2/c1-21(2,3)20(26)25-12-9-15(10-13-25)18-23-24-19(27-18)17-16-7-5-4-6-14(16)8-11-22-17/h4-8,11,15H,9-10,12-13H2,1-3H3. The van der Waals surface area contributed by atoms with Crippen molar-refractivity contribution in [2.75, 3.05) is 13.1 Å². The van der Waals surface area contributed by atoms with Crippen LogP contribution in [0.3, 0.4) is 0 Å². The van der Waals surface area contributed by atoms with Crippen molar-refractivity contribution in [3.8, 4) is 11.6 Å². The smallest absolute Gasteiger partial charge is 0.266 e. The predicted octanol–water partition coefficient (Wildman–Crippen LogP) is 4.04. The van der Waals surface area contributed by atoms with E-state index >= 15 is 0 Å². The zero-order valence-electron chi connectivity index (χ0n) is 16.0. The number of hydrogen-bond acceptors (Lipinski definition) is 5. The van der Waals surface area contributed by atoms with Gasteiger partial charge in [-0.3, -0.25) is 9.78 Å². The first-order valence-corrected chi connectivity index (χ1v) is 9.40. The molecule has 3 aromatic rings. The Kier molecular flexibility index (Phi) is 4.42. The fourth-order valence-electron chi connectivity index (χ4n) is 3.59. The molecule has 0 unspecified atom stereocenters. The molecular formula is C21H24N4O2. The molecule has 3 heterocycles. The number of piperidine rings is 1. The van der Waals surface area contributed by atoms with Crippen LogP contribution in [0, 0.1) is 5.41 Å². The van der Waals surface area contributed by atoms with Crippen LogP contribution in [-0.4, -0.2) is 39.1 Å². The Morgan fingerprint density at radius 2 is 1.85 bits per heavy atom. The van der Waals surface area contributed by atoms with E-state index in [1.807, 2.05) is 56.0 Å². The lowest BCUT2D eigenvalue weighted by Gasteiger charge is -2.34. The maximum atomic E-state index is 12.4. The molecule has 1 aromatic carbocycles. The number of carbonyl (C=O) groups excluding carboxylic acids is 1. The first kappa shape index (κ1) is 17.6. The van der Waals surface area contributed by atoms with Gasteiger partial charge in [0.25, 0.3) is 5.89 Å². The van der Waals surface area contributed by atoms with Crippen molar-refractivity contribution in [1.82, 2.24) is 20.1 Å². The Hall–Kier alpha value is -2.76. The largest absolute Gasteiger partial charge is 0.419 e. The number of nitrogens with zero attached hydrogens (tertiary/aromatic N) is 4. The highest BCUT2D eigenvalue weighted by Crippen LogP contribution is 2.32. The Morgan fingerprint density at radius 1 is 1.11 bits per heavy atom. The lowest BCUT2D eigenvalue weighted by molar-refractivity contribution is -0.140. The summed E-state index contributed by atoms with van der Waals surface area (Å²) < 4.78 is 5.99. The Balaban J connectivity index is 1.52. The van der Waals surface area contributed by atoms with E-state index < -0.39 is 0 Å². The van der Waals surface area contributed by atoms with E-state index in [0.717, 1.165) is 36.7 Å². The van der Waals surface area contributed by atoms with Crippen molar-refractivity contribution in [3.63, 3.8) is 0 Å². The minimum Gasteiger partial charge on any atom is -0.419 e. The summed E-state index contributed by atoms with van der Waals surface area (Å²) in [5.41, 5.74) is 0.372. The topological polar surface area (TPSA) is 72.1 Å². The lowest BCUT2D eigenvalue weighted by Crippen LogP contribution is -2.43. The molecule has 1 saturated heterocycles. The quantitative estimate of drug-likeness (QED) is 0.686. The summed E-state index contributed by atoms with van der Waals surface area (Å²) in [6.45, 7) is 7.34. The lowest BCUT2D eigenvalue weighted by atomic mass is 9.91. The Labute approximate surface area is 158 Å². The zero-order valence-corrected chi connectivity index (χ0v) is 16.0. The van der Waals surface area contributed by atoms with Crippen molar-refractivity contribution in [2.24, 2.45) is 5.41 Å². The Morgan fingerprint density at radius 3 is 2.59 bits per heavy atom. The molecule has 2 aromatic heterocycles. The van der Waals surface area contributed by atoms with Crippen LogP contribution in [0.5, 0.6) is 0 Å². The predicted molar refractivity (Wildman–Crippen MR) is 103 cm³/mol. The van der Waals surface area contributed by atoms with Crippen LogP contribution < -0.4 is 0 Å². The molecular weight excluding hydrogens is 340 g/mol. The first-order chi connectivity index (χ1) is 12.9. The molecule has 0 saturated carbocycles. The number of hydrogen-bond donors (Lipinski definition) is 0. The summed E-state index contributed by atoms with van der Waals surface area (Å²) in [6.07, 6.45) is 3.44. The van der Waals surface area contributed by atoms with Crippen molar-refractivity contribution in [2.45, 2.75) is 39.5 Å². The molecule has 0 N–H and O–H groups in total. The molecule has 0 aliphatic carbocycles. The van der Waals surface area contributed by atoms with Crippen LogP contribution >= 0.6 is 0 Å². The molecule has 1 aliphatic heterocycles. The van der Waals surface area contributed by atoms with E-state index in [-0.39, 0.29) is 17.2 Å². The molecule has 140 valence electrons. The van der Waals surface area contributed by atoms with Gasteiger partial charge in [0.05, 0.1) is 0 Å². The average Bonchev–Trinajstić information content (AvgIpc) is 3.16. The van der Waals surface area contributed by atoms with Gasteiger partial charge in [0, 0.05) is 36.0 Å². The summed E-state index contributed by atoms with van der Waals surface area (Å²) in [4.78, 5) is 18.8. The molecule has 1 aliphatic rings. The number of benzene rings is 1. The molecule has 0 bridgehead atoms. The van der Waals surface area contributed by atoms with E-state index in [9.17, 15) is 4.79 Å². The fourth-order valence-corrected chi connectivity index (χ4v) is 3.59. The van der Waals surface area contributed by atoms with Gasteiger partial charge in [0.2, 0.25) is 11.8 Å². The third-order valence-electron chi connectivity index (χ3n) is 5.09. The second-order valence-corrected chi connectivity index (χ2v) is 8.14. The van der Waals surface area contributed by atoms with Crippen LogP contribution in [-0.2, 0) is 4.79 Å². The minimum absolute atomic E-state index is 0.185. The molecule has 0 spiro atoms. The maximum absolute atomic E-state index is 12.4. The second-order valence-electron chi connectivity index (χ2n) is 8.14. The maximum Gasteiger partial charge on any atom is 0.266 e. The van der Waals surface area contributed by atoms with E-state index in [2.05, 4.69) is 15.2 Å². The van der Waals surface area contributed by atoms with Gasteiger partial charge in [-0.05, 0) is 24.3 Å². The number of fused-ring (bicyclic) bond motifs is 1. The highest BCUT2D eigenvalue weighted by molar-refractivity contribution is 5.92. The van der Waals surface area contributed by atoms with Crippen molar-refractivity contribution in [1.29, 1.82) is 0 Å². The molecule has 0 atom stereocenters. The third-order valence-corrected chi connectivity index (χ3v) is 5.09. The van der Waals surface area contributed by atoms with Crippen LogP contribution in [0.2, 0.25) is 0 Å². The highest BCUT2D eigenvalue weighted by atomic mass is 16.4. The summed E-state index contributed by atoms with van der Waals surface area (Å²) in [5.74, 6) is 1.48. The summed E-state index contributed by atoms with van der Waals surface area (Å²) in [6, 6.07) is 10.0. The van der Waals surface area contributed by atoms with E-state index in [1.165, 1.54) is 0 Å². The van der Waals surface area contributed by atoms with Crippen LogP contribution in [0.15, 0.2) is 40.9 Å². The normalized spacial score (nSPS) is 16.0. The number of pyridine rings is 1. The van der Waals surface area contributed by atoms with Gasteiger partial charge in [-0.15, -0.1) is 10.2 Å². The molecule has 6 nitrogen and oxygen atoms in total. The number of amides is 1. The minimum atomic E-state index is -0.343. The number of carbonyl (C=O) groups is 1. The third kappa shape index (κ3) is 3.44. The first-order valence-electron chi connectivity index (χ1n) is 9.40. The van der Waals surface area contributed by atoms with E-state index in [1.54, 1.807) is 6.20 Å². The molecule has 1 fully saturated rings. The molecule has 4 rings (SSSR count). The van der Waals surface area contributed by atoms with Crippen molar-refractivity contribution >= 4 is 16.7 Å². The van der Waals surface area contributed by atoms with Gasteiger partial charge in [0.15, 0.2) is 0 Å². The number of rotatable bonds is 2. The Bertz CT molecular complexity index is 960. The average molecular weight is 364 g/mol. The summed E-state index contributed by atoms with van der Waals surface area (Å²) in [5, 5.41) is 10.6. The van der Waals surface area contributed by atoms with Crippen molar-refractivity contribution in [3.05, 3.63) is 42.4 Å². The monoisotopic (exact) mass is 364 g/mol. The van der Waals surface area contributed by atoms with Gasteiger partial charge < -0.3 is 9.32 Å². The SMILES string of the molecule is CC(C)(C)C(=O)N1CCC(c2nnc(-c3nccc4ccccc34)o2)CC1. The summed E-state index contributed by atoms with van der Waals surface area (Å²) >= 11 is 0. The number of aromatic nitrogens is 3. The van der Waals surface area contributed by atoms with Crippen LogP contribution in [0.1, 0.15) is 45.4 Å². The summed E-state index contributed by atoms with van der Waals surface area (Å²) in [7, 11) is 0. The molecule has 6 heteroatoms. The molecule has 27 heavy (non-hydrogen) atoms. The second kappa shape index (κ2) is 6.76. The van der Waals surface area contributed by atoms with Crippen LogP contribution in [0.4, 0.5) is 0 Å². The highest BCUT2D eigenvalue weighted by Gasteiger charge is 2.32. The number of likely N-dealkylation sites (tertiary alicyclic amines) is 1. The van der Waals surface area contributed by atoms with E-state index in [0.29, 0.717) is 17.5 Å². The van der Waals surface area contributed by atoms with Gasteiger partial charge in [0.1, 0.15) is 5.69 Å². The molecule has 1 amide bonds. The van der Waals surface area contributed by atoms with Crippen molar-refractivity contribution < 1.29 is 9.21 Å². The fraction of sp³-hybridized carbons (Fsp3) is 0.429. The van der Waals surface area contributed by atoms with Gasteiger partial charge >= 0.3 is 0 Å². The van der Waals surface area contributed by atoms with Gasteiger partial charge in [-0.2, -0.15) is 0 Å². The molecule has 0 radical (unpaired) electrons. The van der Waals surface area contributed by atoms with E-state index in [4.69, 9.17) is 4.42 Å². The zero-order chi connectivity index (χ0) is 19.0. The van der Waals surface area contributed by atoms with Gasteiger partial charge in [-0.1, -0.05) is 45.0 Å². The van der Waals surface area contributed by atoms with Crippen LogP contribution in [0.25, 0.3) is 22.4 Å². The van der Waals surface area contributed by atoms with Gasteiger partial charge in [-0.25, -0.2) is 0 Å².